The van der Waals surface area contributed by atoms with Gasteiger partial charge in [-0.15, -0.1) is 0 Å². The Morgan fingerprint density at radius 2 is 1.95 bits per heavy atom. The lowest BCUT2D eigenvalue weighted by Gasteiger charge is -2.23. The highest BCUT2D eigenvalue weighted by Gasteiger charge is 2.41. The van der Waals surface area contributed by atoms with E-state index in [1.165, 1.54) is 0 Å². The molecular formula is C16H21NO3. The number of carboxylic acid groups (broad SMARTS) is 1. The molecule has 0 unspecified atom stereocenters. The van der Waals surface area contributed by atoms with Crippen molar-refractivity contribution in [1.82, 2.24) is 4.90 Å². The Kier molecular flexibility index (Phi) is 4.77. The van der Waals surface area contributed by atoms with Gasteiger partial charge in [-0.25, -0.2) is 0 Å². The van der Waals surface area contributed by atoms with Gasteiger partial charge in [-0.05, 0) is 24.3 Å². The third-order valence-corrected chi connectivity index (χ3v) is 3.77. The maximum atomic E-state index is 12.4. The highest BCUT2D eigenvalue weighted by atomic mass is 16.4. The molecule has 1 aromatic rings. The van der Waals surface area contributed by atoms with Crippen molar-refractivity contribution >= 4 is 11.9 Å². The fourth-order valence-corrected chi connectivity index (χ4v) is 2.39. The Hall–Kier alpha value is -1.84. The molecule has 1 N–H and O–H groups in total. The topological polar surface area (TPSA) is 57.6 Å². The van der Waals surface area contributed by atoms with Gasteiger partial charge in [-0.2, -0.15) is 0 Å². The Balaban J connectivity index is 1.96. The molecule has 4 nitrogen and oxygen atoms in total. The van der Waals surface area contributed by atoms with Crippen molar-refractivity contribution in [2.24, 2.45) is 11.8 Å². The Labute approximate surface area is 119 Å². The highest BCUT2D eigenvalue weighted by molar-refractivity contribution is 5.81. The highest BCUT2D eigenvalue weighted by Crippen LogP contribution is 2.39. The second-order valence-corrected chi connectivity index (χ2v) is 5.56. The number of amides is 1. The van der Waals surface area contributed by atoms with Gasteiger partial charge in [0.2, 0.25) is 5.91 Å². The van der Waals surface area contributed by atoms with Crippen LogP contribution < -0.4 is 0 Å². The van der Waals surface area contributed by atoms with Gasteiger partial charge in [0.25, 0.3) is 0 Å². The predicted molar refractivity (Wildman–Crippen MR) is 76.0 cm³/mol. The van der Waals surface area contributed by atoms with Crippen LogP contribution in [0.25, 0.3) is 0 Å². The van der Waals surface area contributed by atoms with Gasteiger partial charge in [-0.3, -0.25) is 9.59 Å². The van der Waals surface area contributed by atoms with E-state index >= 15 is 0 Å². The number of nitrogens with zero attached hydrogens (tertiary/aromatic N) is 1. The standard InChI is InChI=1S/C16H21NO3/c1-12-10-14(12)16(20)17(9-5-8-15(18)19)11-13-6-3-2-4-7-13/h2-4,6-7,12,14H,5,8-11H2,1H3,(H,18,19)/t12-,14+/m1/s1. The third-order valence-electron chi connectivity index (χ3n) is 3.77. The Morgan fingerprint density at radius 1 is 1.30 bits per heavy atom. The van der Waals surface area contributed by atoms with E-state index in [4.69, 9.17) is 5.11 Å². The van der Waals surface area contributed by atoms with Crippen LogP contribution in [0.15, 0.2) is 30.3 Å². The minimum atomic E-state index is -0.808. The second kappa shape index (κ2) is 6.55. The molecule has 0 aromatic heterocycles. The SMILES string of the molecule is C[C@@H]1C[C@@H]1C(=O)N(CCCC(=O)O)Cc1ccccc1. The molecule has 1 amide bonds. The summed E-state index contributed by atoms with van der Waals surface area (Å²) in [7, 11) is 0. The quantitative estimate of drug-likeness (QED) is 0.832. The van der Waals surface area contributed by atoms with Gasteiger partial charge in [0, 0.05) is 25.4 Å². The average Bonchev–Trinajstić information content (AvgIpc) is 3.15. The Morgan fingerprint density at radius 3 is 2.50 bits per heavy atom. The summed E-state index contributed by atoms with van der Waals surface area (Å²) in [6.07, 6.45) is 1.58. The number of carbonyl (C=O) groups is 2. The largest absolute Gasteiger partial charge is 0.481 e. The first kappa shape index (κ1) is 14.6. The molecule has 0 bridgehead atoms. The zero-order valence-electron chi connectivity index (χ0n) is 11.8. The van der Waals surface area contributed by atoms with Gasteiger partial charge >= 0.3 is 5.97 Å². The molecule has 20 heavy (non-hydrogen) atoms. The molecule has 0 saturated heterocycles. The van der Waals surface area contributed by atoms with Crippen LogP contribution in [-0.4, -0.2) is 28.4 Å². The molecule has 0 spiro atoms. The smallest absolute Gasteiger partial charge is 0.303 e. The summed E-state index contributed by atoms with van der Waals surface area (Å²) >= 11 is 0. The van der Waals surface area contributed by atoms with Crippen LogP contribution in [0.5, 0.6) is 0 Å². The second-order valence-electron chi connectivity index (χ2n) is 5.56. The number of aliphatic carboxylic acids is 1. The summed E-state index contributed by atoms with van der Waals surface area (Å²) in [5.41, 5.74) is 1.09. The zero-order valence-corrected chi connectivity index (χ0v) is 11.8. The normalized spacial score (nSPS) is 20.4. The van der Waals surface area contributed by atoms with Crippen LogP contribution in [0.4, 0.5) is 0 Å². The van der Waals surface area contributed by atoms with E-state index in [0.717, 1.165) is 12.0 Å². The third kappa shape index (κ3) is 4.08. The fourth-order valence-electron chi connectivity index (χ4n) is 2.39. The molecule has 0 heterocycles. The van der Waals surface area contributed by atoms with Crippen LogP contribution in [0.3, 0.4) is 0 Å². The minimum absolute atomic E-state index is 0.110. The maximum Gasteiger partial charge on any atom is 0.303 e. The number of carboxylic acids is 1. The number of hydrogen-bond donors (Lipinski definition) is 1. The summed E-state index contributed by atoms with van der Waals surface area (Å²) in [6.45, 7) is 3.17. The molecule has 4 heteroatoms. The summed E-state index contributed by atoms with van der Waals surface area (Å²) in [5, 5.41) is 8.71. The number of hydrogen-bond acceptors (Lipinski definition) is 2. The van der Waals surface area contributed by atoms with E-state index in [9.17, 15) is 9.59 Å². The van der Waals surface area contributed by atoms with Crippen LogP contribution in [0, 0.1) is 11.8 Å². The lowest BCUT2D eigenvalue weighted by atomic mass is 10.2. The molecule has 1 aliphatic carbocycles. The molecule has 0 aliphatic heterocycles. The maximum absolute atomic E-state index is 12.4. The number of benzene rings is 1. The first-order chi connectivity index (χ1) is 9.58. The molecule has 1 fully saturated rings. The fraction of sp³-hybridized carbons (Fsp3) is 0.500. The van der Waals surface area contributed by atoms with Crippen molar-refractivity contribution < 1.29 is 14.7 Å². The molecule has 1 aliphatic rings. The van der Waals surface area contributed by atoms with Crippen LogP contribution in [0.1, 0.15) is 31.7 Å². The van der Waals surface area contributed by atoms with Crippen LogP contribution >= 0.6 is 0 Å². The van der Waals surface area contributed by atoms with Crippen molar-refractivity contribution in [3.63, 3.8) is 0 Å². The number of carbonyl (C=O) groups excluding carboxylic acids is 1. The number of rotatable bonds is 7. The van der Waals surface area contributed by atoms with Crippen molar-refractivity contribution in [1.29, 1.82) is 0 Å². The van der Waals surface area contributed by atoms with Crippen molar-refractivity contribution in [2.45, 2.75) is 32.7 Å². The van der Waals surface area contributed by atoms with Gasteiger partial charge in [0.15, 0.2) is 0 Å². The van der Waals surface area contributed by atoms with Crippen molar-refractivity contribution in [3.8, 4) is 0 Å². The molecule has 108 valence electrons. The zero-order chi connectivity index (χ0) is 14.5. The molecule has 0 radical (unpaired) electrons. The van der Waals surface area contributed by atoms with E-state index in [-0.39, 0.29) is 18.2 Å². The van der Waals surface area contributed by atoms with Crippen LogP contribution in [0.2, 0.25) is 0 Å². The van der Waals surface area contributed by atoms with E-state index in [2.05, 4.69) is 6.92 Å². The van der Waals surface area contributed by atoms with Gasteiger partial charge in [-0.1, -0.05) is 37.3 Å². The van der Waals surface area contributed by atoms with Crippen LogP contribution in [-0.2, 0) is 16.1 Å². The molecular weight excluding hydrogens is 254 g/mol. The average molecular weight is 275 g/mol. The van der Waals surface area contributed by atoms with E-state index in [0.29, 0.717) is 25.4 Å². The summed E-state index contributed by atoms with van der Waals surface area (Å²) in [6, 6.07) is 9.84. The molecule has 1 saturated carbocycles. The van der Waals surface area contributed by atoms with Crippen molar-refractivity contribution in [3.05, 3.63) is 35.9 Å². The summed E-state index contributed by atoms with van der Waals surface area (Å²) < 4.78 is 0. The molecule has 1 aromatic carbocycles. The Bertz CT molecular complexity index is 472. The monoisotopic (exact) mass is 275 g/mol. The predicted octanol–water partition coefficient (Wildman–Crippen LogP) is 2.54. The molecule has 2 atom stereocenters. The van der Waals surface area contributed by atoms with Gasteiger partial charge in [0.1, 0.15) is 0 Å². The van der Waals surface area contributed by atoms with E-state index in [1.807, 2.05) is 35.2 Å². The first-order valence-corrected chi connectivity index (χ1v) is 7.12. The first-order valence-electron chi connectivity index (χ1n) is 7.12. The lowest BCUT2D eigenvalue weighted by Crippen LogP contribution is -2.33. The van der Waals surface area contributed by atoms with Crippen molar-refractivity contribution in [2.75, 3.05) is 6.54 Å². The van der Waals surface area contributed by atoms with E-state index < -0.39 is 5.97 Å². The minimum Gasteiger partial charge on any atom is -0.481 e. The molecule has 2 rings (SSSR count). The van der Waals surface area contributed by atoms with Gasteiger partial charge in [0.05, 0.1) is 0 Å². The summed E-state index contributed by atoms with van der Waals surface area (Å²) in [5.74, 6) is -0.0209. The lowest BCUT2D eigenvalue weighted by molar-refractivity contribution is -0.138. The summed E-state index contributed by atoms with van der Waals surface area (Å²) in [4.78, 5) is 24.8. The van der Waals surface area contributed by atoms with E-state index in [1.54, 1.807) is 0 Å². The van der Waals surface area contributed by atoms with Gasteiger partial charge < -0.3 is 10.0 Å².